The standard InChI is InChI=1S/C20H23N3O2/c1-25-19-5-3-2-4-16(19)17-14-18(17)20(24)23-12-10-22(11-13-23)15-6-8-21-9-7-15/h2-9,17-18H,10-14H2,1H3/t17-,18-/m1/s1. The molecule has 0 unspecified atom stereocenters. The van der Waals surface area contributed by atoms with Crippen LogP contribution in [-0.4, -0.2) is 49.1 Å². The van der Waals surface area contributed by atoms with E-state index in [9.17, 15) is 4.79 Å². The number of para-hydroxylation sites is 1. The lowest BCUT2D eigenvalue weighted by atomic mass is 10.1. The number of anilines is 1. The Kier molecular flexibility index (Phi) is 4.30. The van der Waals surface area contributed by atoms with Crippen molar-refractivity contribution in [2.24, 2.45) is 5.92 Å². The zero-order valence-corrected chi connectivity index (χ0v) is 14.5. The molecule has 1 aliphatic carbocycles. The first-order valence-corrected chi connectivity index (χ1v) is 8.84. The number of piperazine rings is 1. The molecule has 2 aromatic rings. The van der Waals surface area contributed by atoms with Gasteiger partial charge in [0, 0.05) is 50.2 Å². The molecule has 0 spiro atoms. The first-order valence-electron chi connectivity index (χ1n) is 8.84. The molecular weight excluding hydrogens is 314 g/mol. The van der Waals surface area contributed by atoms with Crippen LogP contribution in [0.15, 0.2) is 48.8 Å². The molecular formula is C20H23N3O2. The van der Waals surface area contributed by atoms with E-state index in [1.54, 1.807) is 7.11 Å². The van der Waals surface area contributed by atoms with Crippen molar-refractivity contribution in [2.45, 2.75) is 12.3 Å². The molecule has 2 heterocycles. The van der Waals surface area contributed by atoms with Crippen LogP contribution in [0.1, 0.15) is 17.9 Å². The van der Waals surface area contributed by atoms with Crippen molar-refractivity contribution in [3.63, 3.8) is 0 Å². The Morgan fingerprint density at radius 3 is 2.52 bits per heavy atom. The maximum atomic E-state index is 12.8. The molecule has 0 N–H and O–H groups in total. The number of benzene rings is 1. The Morgan fingerprint density at radius 1 is 1.08 bits per heavy atom. The number of aromatic nitrogens is 1. The number of hydrogen-bond donors (Lipinski definition) is 0. The van der Waals surface area contributed by atoms with Gasteiger partial charge < -0.3 is 14.5 Å². The van der Waals surface area contributed by atoms with Crippen molar-refractivity contribution < 1.29 is 9.53 Å². The van der Waals surface area contributed by atoms with Crippen molar-refractivity contribution in [2.75, 3.05) is 38.2 Å². The fourth-order valence-corrected chi connectivity index (χ4v) is 3.76. The summed E-state index contributed by atoms with van der Waals surface area (Å²) in [7, 11) is 1.69. The largest absolute Gasteiger partial charge is 0.496 e. The summed E-state index contributed by atoms with van der Waals surface area (Å²) in [5.74, 6) is 1.61. The Balaban J connectivity index is 1.36. The van der Waals surface area contributed by atoms with Gasteiger partial charge in [-0.1, -0.05) is 18.2 Å². The molecule has 1 amide bonds. The third-order valence-electron chi connectivity index (χ3n) is 5.27. The van der Waals surface area contributed by atoms with Crippen LogP contribution in [-0.2, 0) is 4.79 Å². The van der Waals surface area contributed by atoms with E-state index in [4.69, 9.17) is 4.74 Å². The third-order valence-corrected chi connectivity index (χ3v) is 5.27. The van der Waals surface area contributed by atoms with Gasteiger partial charge >= 0.3 is 0 Å². The van der Waals surface area contributed by atoms with Gasteiger partial charge in [0.1, 0.15) is 5.75 Å². The quantitative estimate of drug-likeness (QED) is 0.860. The van der Waals surface area contributed by atoms with Crippen LogP contribution >= 0.6 is 0 Å². The highest BCUT2D eigenvalue weighted by molar-refractivity contribution is 5.83. The monoisotopic (exact) mass is 337 g/mol. The van der Waals surface area contributed by atoms with E-state index in [2.05, 4.69) is 16.0 Å². The van der Waals surface area contributed by atoms with E-state index < -0.39 is 0 Å². The number of carbonyl (C=O) groups excluding carboxylic acids is 1. The molecule has 1 aliphatic heterocycles. The highest BCUT2D eigenvalue weighted by atomic mass is 16.5. The minimum atomic E-state index is 0.115. The Labute approximate surface area is 148 Å². The zero-order valence-electron chi connectivity index (χ0n) is 14.5. The maximum Gasteiger partial charge on any atom is 0.226 e. The number of ether oxygens (including phenoxy) is 1. The average Bonchev–Trinajstić information content (AvgIpc) is 3.49. The van der Waals surface area contributed by atoms with Gasteiger partial charge in [-0.2, -0.15) is 0 Å². The number of pyridine rings is 1. The minimum absolute atomic E-state index is 0.115. The van der Waals surface area contributed by atoms with Gasteiger partial charge in [0.25, 0.3) is 0 Å². The van der Waals surface area contributed by atoms with E-state index in [1.807, 2.05) is 47.6 Å². The average molecular weight is 337 g/mol. The topological polar surface area (TPSA) is 45.7 Å². The van der Waals surface area contributed by atoms with Crippen molar-refractivity contribution in [1.82, 2.24) is 9.88 Å². The second-order valence-electron chi connectivity index (χ2n) is 6.71. The van der Waals surface area contributed by atoms with E-state index >= 15 is 0 Å². The predicted octanol–water partition coefficient (Wildman–Crippen LogP) is 2.54. The van der Waals surface area contributed by atoms with E-state index in [0.717, 1.165) is 38.3 Å². The van der Waals surface area contributed by atoms with Gasteiger partial charge in [0.15, 0.2) is 0 Å². The van der Waals surface area contributed by atoms with Gasteiger partial charge in [0.05, 0.1) is 7.11 Å². The summed E-state index contributed by atoms with van der Waals surface area (Å²) < 4.78 is 5.45. The van der Waals surface area contributed by atoms with Crippen LogP contribution in [0.4, 0.5) is 5.69 Å². The van der Waals surface area contributed by atoms with Gasteiger partial charge in [0.2, 0.25) is 5.91 Å². The molecule has 1 aromatic carbocycles. The minimum Gasteiger partial charge on any atom is -0.496 e. The van der Waals surface area contributed by atoms with Gasteiger partial charge in [-0.3, -0.25) is 9.78 Å². The smallest absolute Gasteiger partial charge is 0.226 e. The molecule has 130 valence electrons. The molecule has 2 fully saturated rings. The fourth-order valence-electron chi connectivity index (χ4n) is 3.76. The summed E-state index contributed by atoms with van der Waals surface area (Å²) in [4.78, 5) is 21.2. The summed E-state index contributed by atoms with van der Waals surface area (Å²) in [6, 6.07) is 12.1. The number of hydrogen-bond acceptors (Lipinski definition) is 4. The van der Waals surface area contributed by atoms with Crippen LogP contribution in [0.3, 0.4) is 0 Å². The number of nitrogens with zero attached hydrogens (tertiary/aromatic N) is 3. The van der Waals surface area contributed by atoms with Crippen molar-refractivity contribution in [3.8, 4) is 5.75 Å². The van der Waals surface area contributed by atoms with Gasteiger partial charge in [-0.25, -0.2) is 0 Å². The van der Waals surface area contributed by atoms with E-state index in [1.165, 1.54) is 11.3 Å². The molecule has 4 rings (SSSR count). The SMILES string of the molecule is COc1ccccc1[C@H]1C[C@H]1C(=O)N1CCN(c2ccncc2)CC1. The summed E-state index contributed by atoms with van der Waals surface area (Å²) in [6.45, 7) is 3.33. The van der Waals surface area contributed by atoms with Crippen LogP contribution in [0.5, 0.6) is 5.75 Å². The molecule has 5 nitrogen and oxygen atoms in total. The summed E-state index contributed by atoms with van der Waals surface area (Å²) in [5, 5.41) is 0. The second-order valence-corrected chi connectivity index (χ2v) is 6.71. The molecule has 0 bridgehead atoms. The fraction of sp³-hybridized carbons (Fsp3) is 0.400. The van der Waals surface area contributed by atoms with Gasteiger partial charge in [-0.05, 0) is 36.1 Å². The van der Waals surface area contributed by atoms with Crippen LogP contribution in [0.25, 0.3) is 0 Å². The number of rotatable bonds is 4. The van der Waals surface area contributed by atoms with Crippen molar-refractivity contribution in [3.05, 3.63) is 54.4 Å². The van der Waals surface area contributed by atoms with Crippen molar-refractivity contribution >= 4 is 11.6 Å². The molecule has 2 aliphatic rings. The molecule has 0 radical (unpaired) electrons. The summed E-state index contributed by atoms with van der Waals surface area (Å²) >= 11 is 0. The lowest BCUT2D eigenvalue weighted by molar-refractivity contribution is -0.132. The maximum absolute atomic E-state index is 12.8. The Morgan fingerprint density at radius 2 is 1.80 bits per heavy atom. The molecule has 25 heavy (non-hydrogen) atoms. The lowest BCUT2D eigenvalue weighted by Crippen LogP contribution is -2.49. The molecule has 1 aromatic heterocycles. The highest BCUT2D eigenvalue weighted by Gasteiger charge is 2.47. The Hall–Kier alpha value is -2.56. The zero-order chi connectivity index (χ0) is 17.2. The lowest BCUT2D eigenvalue weighted by Gasteiger charge is -2.36. The Bertz CT molecular complexity index is 742. The van der Waals surface area contributed by atoms with E-state index in [-0.39, 0.29) is 5.92 Å². The highest BCUT2D eigenvalue weighted by Crippen LogP contribution is 2.51. The van der Waals surface area contributed by atoms with Crippen molar-refractivity contribution in [1.29, 1.82) is 0 Å². The van der Waals surface area contributed by atoms with E-state index in [0.29, 0.717) is 11.8 Å². The number of carbonyl (C=O) groups is 1. The van der Waals surface area contributed by atoms with Crippen LogP contribution in [0, 0.1) is 5.92 Å². The predicted molar refractivity (Wildman–Crippen MR) is 96.9 cm³/mol. The summed E-state index contributed by atoms with van der Waals surface area (Å²) in [6.07, 6.45) is 4.56. The molecule has 1 saturated carbocycles. The molecule has 2 atom stereocenters. The number of amides is 1. The third kappa shape index (κ3) is 3.18. The van der Waals surface area contributed by atoms with Crippen LogP contribution in [0.2, 0.25) is 0 Å². The van der Waals surface area contributed by atoms with Gasteiger partial charge in [-0.15, -0.1) is 0 Å². The first-order chi connectivity index (χ1) is 12.3. The van der Waals surface area contributed by atoms with Crippen LogP contribution < -0.4 is 9.64 Å². The summed E-state index contributed by atoms with van der Waals surface area (Å²) in [5.41, 5.74) is 2.35. The molecule has 1 saturated heterocycles. The number of methoxy groups -OCH3 is 1. The molecule has 5 heteroatoms. The normalized spacial score (nSPS) is 22.6. The second kappa shape index (κ2) is 6.75. The first kappa shape index (κ1) is 15.9.